The predicted octanol–water partition coefficient (Wildman–Crippen LogP) is 3.28. The Labute approximate surface area is 165 Å². The molecule has 1 amide bonds. The maximum absolute atomic E-state index is 12.8. The lowest BCUT2D eigenvalue weighted by Gasteiger charge is -2.12. The van der Waals surface area contributed by atoms with Gasteiger partial charge in [0.15, 0.2) is 0 Å². The molecule has 2 aromatic heterocycles. The molecule has 0 bridgehead atoms. The minimum absolute atomic E-state index is 0.180. The monoisotopic (exact) mass is 388 g/mol. The molecule has 0 aliphatic rings. The minimum Gasteiger partial charge on any atom is -0.322 e. The first kappa shape index (κ1) is 18.1. The molecule has 0 fully saturated rings. The summed E-state index contributed by atoms with van der Waals surface area (Å²) in [6.45, 7) is 0.489. The van der Waals surface area contributed by atoms with Crippen LogP contribution in [0.2, 0.25) is 0 Å². The largest absolute Gasteiger partial charge is 0.322 e. The molecule has 0 atom stereocenters. The average molecular weight is 388 g/mol. The van der Waals surface area contributed by atoms with Crippen LogP contribution in [0.1, 0.15) is 15.9 Å². The maximum Gasteiger partial charge on any atom is 0.294 e. The van der Waals surface area contributed by atoms with Crippen LogP contribution in [0.25, 0.3) is 5.69 Å². The van der Waals surface area contributed by atoms with E-state index >= 15 is 0 Å². The highest BCUT2D eigenvalue weighted by molar-refractivity contribution is 6.05. The number of imidazole rings is 1. The van der Waals surface area contributed by atoms with Crippen molar-refractivity contribution in [3.05, 3.63) is 101 Å². The zero-order valence-electron chi connectivity index (χ0n) is 15.2. The molecule has 29 heavy (non-hydrogen) atoms. The zero-order valence-corrected chi connectivity index (χ0v) is 15.2. The number of amides is 1. The minimum atomic E-state index is -0.516. The van der Waals surface area contributed by atoms with Crippen LogP contribution < -0.4 is 5.32 Å². The topological polar surface area (TPSA) is 108 Å². The van der Waals surface area contributed by atoms with Crippen molar-refractivity contribution in [1.29, 1.82) is 0 Å². The summed E-state index contributed by atoms with van der Waals surface area (Å²) in [5.74, 6) is -0.432. The van der Waals surface area contributed by atoms with Gasteiger partial charge >= 0.3 is 0 Å². The highest BCUT2D eigenvalue weighted by Gasteiger charge is 2.19. The summed E-state index contributed by atoms with van der Waals surface area (Å²) < 4.78 is 3.27. The fourth-order valence-corrected chi connectivity index (χ4v) is 2.97. The SMILES string of the molecule is O=C(Nc1ccccc1Cn1cccn1)c1ccc(-n2ccnc2)c([N+](=O)[O-])c1. The van der Waals surface area contributed by atoms with Gasteiger partial charge in [-0.25, -0.2) is 4.98 Å². The van der Waals surface area contributed by atoms with Gasteiger partial charge in [0.05, 0.1) is 17.8 Å². The maximum atomic E-state index is 12.8. The molecule has 2 aromatic carbocycles. The number of carbonyl (C=O) groups is 1. The first-order chi connectivity index (χ1) is 14.1. The third-order valence-corrected chi connectivity index (χ3v) is 4.37. The Bertz CT molecular complexity index is 1150. The highest BCUT2D eigenvalue weighted by Crippen LogP contribution is 2.25. The van der Waals surface area contributed by atoms with Crippen molar-refractivity contribution in [2.24, 2.45) is 0 Å². The molecule has 0 radical (unpaired) electrons. The van der Waals surface area contributed by atoms with Crippen molar-refractivity contribution in [2.75, 3.05) is 5.32 Å². The molecule has 2 heterocycles. The predicted molar refractivity (Wildman–Crippen MR) is 106 cm³/mol. The molecular weight excluding hydrogens is 372 g/mol. The summed E-state index contributed by atoms with van der Waals surface area (Å²) in [4.78, 5) is 27.7. The summed E-state index contributed by atoms with van der Waals surface area (Å²) in [6.07, 6.45) is 8.11. The molecule has 0 unspecified atom stereocenters. The van der Waals surface area contributed by atoms with E-state index in [9.17, 15) is 14.9 Å². The molecule has 0 saturated carbocycles. The summed E-state index contributed by atoms with van der Waals surface area (Å²) >= 11 is 0. The molecule has 4 aromatic rings. The second kappa shape index (κ2) is 7.77. The fraction of sp³-hybridized carbons (Fsp3) is 0.0500. The Hall–Kier alpha value is -4.27. The van der Waals surface area contributed by atoms with Gasteiger partial charge < -0.3 is 9.88 Å². The van der Waals surface area contributed by atoms with Crippen LogP contribution in [0.3, 0.4) is 0 Å². The Morgan fingerprint density at radius 3 is 2.69 bits per heavy atom. The van der Waals surface area contributed by atoms with E-state index in [1.165, 1.54) is 29.2 Å². The standard InChI is InChI=1S/C20H16N6O3/c27-20(23-17-5-2-1-4-16(17)13-25-10-3-8-22-25)15-6-7-18(19(12-15)26(28)29)24-11-9-21-14-24/h1-12,14H,13H2,(H,23,27). The summed E-state index contributed by atoms with van der Waals surface area (Å²) in [5.41, 5.74) is 1.83. The lowest BCUT2D eigenvalue weighted by Crippen LogP contribution is -2.15. The molecule has 144 valence electrons. The van der Waals surface area contributed by atoms with Crippen molar-refractivity contribution in [2.45, 2.75) is 6.54 Å². The Morgan fingerprint density at radius 1 is 1.10 bits per heavy atom. The van der Waals surface area contributed by atoms with Gasteiger partial charge in [-0.3, -0.25) is 19.6 Å². The molecule has 0 aliphatic carbocycles. The van der Waals surface area contributed by atoms with Crippen molar-refractivity contribution in [3.8, 4) is 5.69 Å². The molecular formula is C20H16N6O3. The first-order valence-corrected chi connectivity index (χ1v) is 8.75. The number of carbonyl (C=O) groups excluding carboxylic acids is 1. The Morgan fingerprint density at radius 2 is 1.97 bits per heavy atom. The number of hydrogen-bond acceptors (Lipinski definition) is 5. The molecule has 4 rings (SSSR count). The zero-order chi connectivity index (χ0) is 20.2. The molecule has 0 saturated heterocycles. The number of nitro groups is 1. The second-order valence-electron chi connectivity index (χ2n) is 6.25. The normalized spacial score (nSPS) is 10.6. The van der Waals surface area contributed by atoms with Gasteiger partial charge in [-0.05, 0) is 29.8 Å². The molecule has 9 nitrogen and oxygen atoms in total. The van der Waals surface area contributed by atoms with E-state index in [0.29, 0.717) is 17.9 Å². The number of nitro benzene ring substituents is 1. The van der Waals surface area contributed by atoms with E-state index in [-0.39, 0.29) is 11.3 Å². The van der Waals surface area contributed by atoms with Crippen LogP contribution >= 0.6 is 0 Å². The van der Waals surface area contributed by atoms with Gasteiger partial charge in [-0.15, -0.1) is 0 Å². The van der Waals surface area contributed by atoms with Gasteiger partial charge in [0.2, 0.25) is 0 Å². The van der Waals surface area contributed by atoms with Crippen molar-refractivity contribution in [3.63, 3.8) is 0 Å². The quantitative estimate of drug-likeness (QED) is 0.403. The number of para-hydroxylation sites is 1. The van der Waals surface area contributed by atoms with Crippen LogP contribution in [0.15, 0.2) is 79.6 Å². The van der Waals surface area contributed by atoms with Crippen molar-refractivity contribution in [1.82, 2.24) is 19.3 Å². The van der Waals surface area contributed by atoms with Gasteiger partial charge in [0.25, 0.3) is 11.6 Å². The van der Waals surface area contributed by atoms with E-state index in [2.05, 4.69) is 15.4 Å². The van der Waals surface area contributed by atoms with Gasteiger partial charge in [0.1, 0.15) is 5.69 Å². The van der Waals surface area contributed by atoms with Crippen molar-refractivity contribution < 1.29 is 9.72 Å². The van der Waals surface area contributed by atoms with Gasteiger partial charge in [-0.1, -0.05) is 18.2 Å². The number of nitrogens with zero attached hydrogens (tertiary/aromatic N) is 5. The summed E-state index contributed by atoms with van der Waals surface area (Å²) in [6, 6.07) is 13.5. The molecule has 0 aliphatic heterocycles. The molecule has 0 spiro atoms. The number of anilines is 1. The number of hydrogen-bond donors (Lipinski definition) is 1. The number of aromatic nitrogens is 4. The van der Waals surface area contributed by atoms with Gasteiger partial charge in [0, 0.05) is 42.1 Å². The van der Waals surface area contributed by atoms with Crippen molar-refractivity contribution >= 4 is 17.3 Å². The molecule has 1 N–H and O–H groups in total. The first-order valence-electron chi connectivity index (χ1n) is 8.75. The van der Waals surface area contributed by atoms with Gasteiger partial charge in [-0.2, -0.15) is 5.10 Å². The Balaban J connectivity index is 1.61. The van der Waals surface area contributed by atoms with E-state index in [1.807, 2.05) is 30.5 Å². The van der Waals surface area contributed by atoms with E-state index in [4.69, 9.17) is 0 Å². The fourth-order valence-electron chi connectivity index (χ4n) is 2.97. The lowest BCUT2D eigenvalue weighted by atomic mass is 10.1. The lowest BCUT2D eigenvalue weighted by molar-refractivity contribution is -0.384. The molecule has 9 heteroatoms. The highest BCUT2D eigenvalue weighted by atomic mass is 16.6. The smallest absolute Gasteiger partial charge is 0.294 e. The van der Waals surface area contributed by atoms with E-state index in [1.54, 1.807) is 29.2 Å². The van der Waals surface area contributed by atoms with E-state index < -0.39 is 10.8 Å². The average Bonchev–Trinajstić information content (AvgIpc) is 3.43. The van der Waals surface area contributed by atoms with Crippen LogP contribution in [-0.2, 0) is 6.54 Å². The van der Waals surface area contributed by atoms with Crippen LogP contribution in [0.5, 0.6) is 0 Å². The van der Waals surface area contributed by atoms with Crippen LogP contribution in [0.4, 0.5) is 11.4 Å². The van der Waals surface area contributed by atoms with E-state index in [0.717, 1.165) is 5.56 Å². The van der Waals surface area contributed by atoms with Crippen LogP contribution in [0, 0.1) is 10.1 Å². The second-order valence-corrected chi connectivity index (χ2v) is 6.25. The number of rotatable bonds is 6. The third kappa shape index (κ3) is 3.88. The summed E-state index contributed by atoms with van der Waals surface area (Å²) in [7, 11) is 0. The Kier molecular flexibility index (Phi) is 4.85. The third-order valence-electron chi connectivity index (χ3n) is 4.37. The summed E-state index contributed by atoms with van der Waals surface area (Å²) in [5, 5.41) is 18.5. The number of nitrogens with one attached hydrogen (secondary N) is 1. The van der Waals surface area contributed by atoms with Crippen LogP contribution in [-0.4, -0.2) is 30.2 Å². The number of benzene rings is 2.